The highest BCUT2D eigenvalue weighted by Gasteiger charge is 2.14. The summed E-state index contributed by atoms with van der Waals surface area (Å²) in [5.41, 5.74) is 0.427. The molecule has 0 bridgehead atoms. The van der Waals surface area contributed by atoms with Crippen LogP contribution in [0.15, 0.2) is 24.3 Å². The van der Waals surface area contributed by atoms with Crippen LogP contribution in [0.5, 0.6) is 5.75 Å². The molecule has 0 saturated carbocycles. The van der Waals surface area contributed by atoms with Crippen LogP contribution in [-0.2, 0) is 0 Å². The molecule has 98 valence electrons. The van der Waals surface area contributed by atoms with Gasteiger partial charge in [0.1, 0.15) is 5.75 Å². The van der Waals surface area contributed by atoms with E-state index in [1.54, 1.807) is 24.3 Å². The summed E-state index contributed by atoms with van der Waals surface area (Å²) in [6, 6.07) is 6.57. The van der Waals surface area contributed by atoms with Gasteiger partial charge in [-0.15, -0.1) is 0 Å². The number of rotatable bonds is 2. The van der Waals surface area contributed by atoms with Crippen molar-refractivity contribution in [3.63, 3.8) is 0 Å². The first kappa shape index (κ1) is 12.7. The van der Waals surface area contributed by atoms with Crippen LogP contribution in [0.1, 0.15) is 19.3 Å². The van der Waals surface area contributed by atoms with Crippen molar-refractivity contribution in [2.24, 2.45) is 0 Å². The maximum absolute atomic E-state index is 11.8. The number of anilines is 1. The highest BCUT2D eigenvalue weighted by atomic mass is 16.3. The zero-order valence-corrected chi connectivity index (χ0v) is 10.3. The highest BCUT2D eigenvalue weighted by molar-refractivity contribution is 5.90. The lowest BCUT2D eigenvalue weighted by Crippen LogP contribution is -2.42. The van der Waals surface area contributed by atoms with Gasteiger partial charge in [0.2, 0.25) is 0 Å². The minimum Gasteiger partial charge on any atom is -0.506 e. The van der Waals surface area contributed by atoms with Crippen molar-refractivity contribution in [3.05, 3.63) is 24.3 Å². The Morgan fingerprint density at radius 3 is 3.00 bits per heavy atom. The Hall–Kier alpha value is -1.75. The Balaban J connectivity index is 1.86. The third-order valence-electron chi connectivity index (χ3n) is 3.03. The molecule has 0 aliphatic carbocycles. The van der Waals surface area contributed by atoms with Gasteiger partial charge in [0.15, 0.2) is 0 Å². The molecule has 18 heavy (non-hydrogen) atoms. The Morgan fingerprint density at radius 2 is 2.17 bits per heavy atom. The third kappa shape index (κ3) is 3.63. The van der Waals surface area contributed by atoms with Crippen LogP contribution in [0.4, 0.5) is 10.5 Å². The number of carbonyl (C=O) groups excluding carboxylic acids is 1. The van der Waals surface area contributed by atoms with E-state index in [1.165, 1.54) is 0 Å². The minimum absolute atomic E-state index is 0.0756. The fourth-order valence-electron chi connectivity index (χ4n) is 2.07. The molecule has 5 heteroatoms. The molecule has 4 N–H and O–H groups in total. The minimum atomic E-state index is -0.273. The summed E-state index contributed by atoms with van der Waals surface area (Å²) in [7, 11) is 0. The van der Waals surface area contributed by atoms with Crippen LogP contribution < -0.4 is 16.0 Å². The van der Waals surface area contributed by atoms with Gasteiger partial charge in [-0.2, -0.15) is 0 Å². The number of hydrogen-bond acceptors (Lipinski definition) is 3. The Labute approximate surface area is 107 Å². The zero-order chi connectivity index (χ0) is 12.8. The lowest BCUT2D eigenvalue weighted by Gasteiger charge is -2.17. The quantitative estimate of drug-likeness (QED) is 0.602. The maximum Gasteiger partial charge on any atom is 0.319 e. The second-order valence-corrected chi connectivity index (χ2v) is 4.51. The van der Waals surface area contributed by atoms with Crippen molar-refractivity contribution >= 4 is 11.7 Å². The van der Waals surface area contributed by atoms with Gasteiger partial charge in [0, 0.05) is 12.6 Å². The molecule has 1 heterocycles. The summed E-state index contributed by atoms with van der Waals surface area (Å²) < 4.78 is 0. The van der Waals surface area contributed by atoms with E-state index in [2.05, 4.69) is 16.0 Å². The molecule has 5 nitrogen and oxygen atoms in total. The van der Waals surface area contributed by atoms with Gasteiger partial charge in [0.05, 0.1) is 5.69 Å². The number of amides is 2. The molecule has 0 spiro atoms. The van der Waals surface area contributed by atoms with Crippen molar-refractivity contribution in [2.45, 2.75) is 25.3 Å². The van der Waals surface area contributed by atoms with Gasteiger partial charge in [-0.05, 0) is 31.5 Å². The average Bonchev–Trinajstić information content (AvgIpc) is 2.61. The fraction of sp³-hybridized carbons (Fsp3) is 0.462. The van der Waals surface area contributed by atoms with Gasteiger partial charge in [0.25, 0.3) is 0 Å². The van der Waals surface area contributed by atoms with Crippen LogP contribution in [0.25, 0.3) is 0 Å². The van der Waals surface area contributed by atoms with E-state index in [0.29, 0.717) is 5.69 Å². The first-order valence-corrected chi connectivity index (χ1v) is 6.32. The molecular weight excluding hydrogens is 230 g/mol. The Morgan fingerprint density at radius 1 is 1.33 bits per heavy atom. The molecule has 1 saturated heterocycles. The Bertz CT molecular complexity index is 401. The predicted molar refractivity (Wildman–Crippen MR) is 70.8 cm³/mol. The number of benzene rings is 1. The van der Waals surface area contributed by atoms with E-state index in [-0.39, 0.29) is 17.8 Å². The Kier molecular flexibility index (Phi) is 4.41. The monoisotopic (exact) mass is 249 g/mol. The molecular formula is C13H19N3O2. The van der Waals surface area contributed by atoms with Crippen LogP contribution in [0, 0.1) is 0 Å². The maximum atomic E-state index is 11.8. The molecule has 0 radical (unpaired) electrons. The summed E-state index contributed by atoms with van der Waals surface area (Å²) >= 11 is 0. The molecule has 1 aromatic carbocycles. The van der Waals surface area contributed by atoms with Gasteiger partial charge < -0.3 is 21.1 Å². The number of nitrogens with one attached hydrogen (secondary N) is 3. The van der Waals surface area contributed by atoms with Crippen LogP contribution in [0.2, 0.25) is 0 Å². The average molecular weight is 249 g/mol. The fourth-order valence-corrected chi connectivity index (χ4v) is 2.07. The van der Waals surface area contributed by atoms with E-state index in [4.69, 9.17) is 0 Å². The van der Waals surface area contributed by atoms with E-state index in [0.717, 1.165) is 32.4 Å². The molecule has 2 rings (SSSR count). The van der Waals surface area contributed by atoms with E-state index < -0.39 is 0 Å². The summed E-state index contributed by atoms with van der Waals surface area (Å²) in [6.07, 6.45) is 3.26. The topological polar surface area (TPSA) is 73.4 Å². The predicted octanol–water partition coefficient (Wildman–Crippen LogP) is 1.66. The second kappa shape index (κ2) is 6.26. The third-order valence-corrected chi connectivity index (χ3v) is 3.03. The van der Waals surface area contributed by atoms with Crippen LogP contribution in [-0.4, -0.2) is 30.3 Å². The van der Waals surface area contributed by atoms with Crippen molar-refractivity contribution in [1.29, 1.82) is 0 Å². The van der Waals surface area contributed by atoms with Crippen LogP contribution in [0.3, 0.4) is 0 Å². The smallest absolute Gasteiger partial charge is 0.319 e. The summed E-state index contributed by atoms with van der Waals surface area (Å²) in [5.74, 6) is 0.0756. The van der Waals surface area contributed by atoms with Gasteiger partial charge in [-0.3, -0.25) is 0 Å². The summed E-state index contributed by atoms with van der Waals surface area (Å²) in [5, 5.41) is 18.4. The molecule has 2 amide bonds. The summed E-state index contributed by atoms with van der Waals surface area (Å²) in [6.45, 7) is 1.81. The summed E-state index contributed by atoms with van der Waals surface area (Å²) in [4.78, 5) is 11.8. The molecule has 1 aromatic rings. The molecule has 1 unspecified atom stereocenters. The first-order valence-electron chi connectivity index (χ1n) is 6.32. The van der Waals surface area contributed by atoms with Crippen molar-refractivity contribution < 1.29 is 9.90 Å². The lowest BCUT2D eigenvalue weighted by molar-refractivity contribution is 0.247. The molecule has 0 aromatic heterocycles. The lowest BCUT2D eigenvalue weighted by atomic mass is 10.1. The van der Waals surface area contributed by atoms with Gasteiger partial charge in [-0.1, -0.05) is 18.6 Å². The van der Waals surface area contributed by atoms with Crippen LogP contribution >= 0.6 is 0 Å². The molecule has 1 aliphatic rings. The number of para-hydroxylation sites is 2. The molecule has 1 aliphatic heterocycles. The van der Waals surface area contributed by atoms with Gasteiger partial charge in [-0.25, -0.2) is 4.79 Å². The standard InChI is InChI=1S/C13H19N3O2/c17-12-7-2-1-6-11(12)16-13(18)15-10-5-3-4-8-14-9-10/h1-2,6-7,10,14,17H,3-5,8-9H2,(H2,15,16,18). The van der Waals surface area contributed by atoms with E-state index in [1.807, 2.05) is 0 Å². The molecule has 1 atom stereocenters. The first-order chi connectivity index (χ1) is 8.75. The highest BCUT2D eigenvalue weighted by Crippen LogP contribution is 2.21. The number of phenolic OH excluding ortho intramolecular Hbond substituents is 1. The number of aromatic hydroxyl groups is 1. The van der Waals surface area contributed by atoms with Crippen molar-refractivity contribution in [1.82, 2.24) is 10.6 Å². The van der Waals surface area contributed by atoms with E-state index in [9.17, 15) is 9.90 Å². The molecule has 1 fully saturated rings. The van der Waals surface area contributed by atoms with Crippen molar-refractivity contribution in [3.8, 4) is 5.75 Å². The SMILES string of the molecule is O=C(Nc1ccccc1O)NC1CCCCNC1. The van der Waals surface area contributed by atoms with Gasteiger partial charge >= 0.3 is 6.03 Å². The zero-order valence-electron chi connectivity index (χ0n) is 10.3. The largest absolute Gasteiger partial charge is 0.506 e. The number of urea groups is 1. The number of phenols is 1. The van der Waals surface area contributed by atoms with Crippen molar-refractivity contribution in [2.75, 3.05) is 18.4 Å². The van der Waals surface area contributed by atoms with E-state index >= 15 is 0 Å². The number of carbonyl (C=O) groups is 1. The normalized spacial score (nSPS) is 19.9. The number of hydrogen-bond donors (Lipinski definition) is 4. The second-order valence-electron chi connectivity index (χ2n) is 4.51.